The van der Waals surface area contributed by atoms with Crippen LogP contribution in [-0.4, -0.2) is 25.0 Å². The molecule has 1 amide bonds. The highest BCUT2D eigenvalue weighted by molar-refractivity contribution is 6.42. The lowest BCUT2D eigenvalue weighted by molar-refractivity contribution is -0.143. The molecule has 3 rings (SSSR count). The molecule has 3 atom stereocenters. The Labute approximate surface area is 182 Å². The number of rotatable bonds is 5. The minimum Gasteiger partial charge on any atom is -0.469 e. The van der Waals surface area contributed by atoms with Crippen molar-refractivity contribution in [2.75, 3.05) is 7.11 Å². The van der Waals surface area contributed by atoms with Crippen molar-refractivity contribution in [3.05, 3.63) is 80.6 Å². The van der Waals surface area contributed by atoms with Crippen LogP contribution >= 0.6 is 34.8 Å². The molecule has 0 saturated heterocycles. The molecule has 0 spiro atoms. The third-order valence-corrected chi connectivity index (χ3v) is 5.61. The number of methoxy groups -OCH3 is 1. The fourth-order valence-electron chi connectivity index (χ4n) is 3.47. The summed E-state index contributed by atoms with van der Waals surface area (Å²) in [6.07, 6.45) is 3.93. The SMILES string of the molecule is COC(=O)[C@H](c1ccccc1F)[C@@H]1C=C[C@@H](NC(=O)c2c(Cl)cc(Cl)cc2Cl)C1. The van der Waals surface area contributed by atoms with Crippen LogP contribution < -0.4 is 5.32 Å². The number of halogens is 4. The van der Waals surface area contributed by atoms with Gasteiger partial charge in [-0.05, 0) is 30.5 Å². The van der Waals surface area contributed by atoms with Gasteiger partial charge in [-0.3, -0.25) is 9.59 Å². The van der Waals surface area contributed by atoms with Gasteiger partial charge in [0.15, 0.2) is 0 Å². The Bertz CT molecular complexity index is 956. The van der Waals surface area contributed by atoms with Gasteiger partial charge in [0.1, 0.15) is 5.82 Å². The molecule has 0 fully saturated rings. The first-order valence-corrected chi connectivity index (χ1v) is 9.91. The molecule has 1 aliphatic carbocycles. The van der Waals surface area contributed by atoms with Crippen molar-refractivity contribution >= 4 is 46.7 Å². The van der Waals surface area contributed by atoms with Crippen LogP contribution in [0.25, 0.3) is 0 Å². The second-order valence-corrected chi connectivity index (χ2v) is 7.88. The van der Waals surface area contributed by atoms with Crippen LogP contribution in [0.1, 0.15) is 28.3 Å². The van der Waals surface area contributed by atoms with Gasteiger partial charge < -0.3 is 10.1 Å². The minimum absolute atomic E-state index is 0.119. The molecule has 0 heterocycles. The summed E-state index contributed by atoms with van der Waals surface area (Å²) in [7, 11) is 1.26. The van der Waals surface area contributed by atoms with Gasteiger partial charge in [0.2, 0.25) is 0 Å². The standard InChI is InChI=1S/C21H17Cl3FNO3/c1-29-21(28)18(14-4-2-3-5-17(14)25)11-6-7-13(8-11)26-20(27)19-15(23)9-12(22)10-16(19)24/h2-7,9-11,13,18H,8H2,1H3,(H,26,27)/t11-,13-,18+/m1/s1. The normalized spacial score (nSPS) is 19.1. The Morgan fingerprint density at radius 3 is 2.41 bits per heavy atom. The van der Waals surface area contributed by atoms with Crippen molar-refractivity contribution in [2.24, 2.45) is 5.92 Å². The molecule has 0 aliphatic heterocycles. The van der Waals surface area contributed by atoms with E-state index < -0.39 is 23.6 Å². The first-order valence-electron chi connectivity index (χ1n) is 8.77. The number of benzene rings is 2. The van der Waals surface area contributed by atoms with E-state index in [0.29, 0.717) is 11.4 Å². The van der Waals surface area contributed by atoms with E-state index in [4.69, 9.17) is 39.5 Å². The number of carbonyl (C=O) groups excluding carboxylic acids is 2. The first kappa shape index (κ1) is 21.6. The molecule has 4 nitrogen and oxygen atoms in total. The van der Waals surface area contributed by atoms with E-state index in [-0.39, 0.29) is 33.1 Å². The first-order chi connectivity index (χ1) is 13.8. The maximum absolute atomic E-state index is 14.3. The van der Waals surface area contributed by atoms with E-state index in [2.05, 4.69) is 5.32 Å². The third kappa shape index (κ3) is 4.74. The summed E-state index contributed by atoms with van der Waals surface area (Å²) in [6.45, 7) is 0. The zero-order chi connectivity index (χ0) is 21.1. The lowest BCUT2D eigenvalue weighted by atomic mass is 9.85. The summed E-state index contributed by atoms with van der Waals surface area (Å²) >= 11 is 18.1. The Morgan fingerprint density at radius 2 is 1.79 bits per heavy atom. The van der Waals surface area contributed by atoms with Crippen LogP contribution in [0.3, 0.4) is 0 Å². The van der Waals surface area contributed by atoms with Crippen molar-refractivity contribution in [3.8, 4) is 0 Å². The van der Waals surface area contributed by atoms with Gasteiger partial charge in [0.05, 0.1) is 28.6 Å². The molecule has 29 heavy (non-hydrogen) atoms. The molecular weight excluding hydrogens is 440 g/mol. The summed E-state index contributed by atoms with van der Waals surface area (Å²) in [4.78, 5) is 25.0. The maximum atomic E-state index is 14.3. The number of allylic oxidation sites excluding steroid dienone is 1. The van der Waals surface area contributed by atoms with E-state index in [9.17, 15) is 14.0 Å². The van der Waals surface area contributed by atoms with Gasteiger partial charge in [0, 0.05) is 16.6 Å². The fraction of sp³-hybridized carbons (Fsp3) is 0.238. The van der Waals surface area contributed by atoms with Crippen LogP contribution in [0.15, 0.2) is 48.6 Å². The molecule has 0 saturated carbocycles. The maximum Gasteiger partial charge on any atom is 0.313 e. The molecule has 0 aromatic heterocycles. The second kappa shape index (κ2) is 9.16. The average Bonchev–Trinajstić information content (AvgIpc) is 3.10. The molecule has 152 valence electrons. The lowest BCUT2D eigenvalue weighted by Crippen LogP contribution is -2.34. The predicted octanol–water partition coefficient (Wildman–Crippen LogP) is 5.42. The Morgan fingerprint density at radius 1 is 1.14 bits per heavy atom. The number of carbonyl (C=O) groups is 2. The van der Waals surface area contributed by atoms with E-state index in [1.54, 1.807) is 30.4 Å². The van der Waals surface area contributed by atoms with Crippen molar-refractivity contribution < 1.29 is 18.7 Å². The average molecular weight is 457 g/mol. The summed E-state index contributed by atoms with van der Waals surface area (Å²) in [5, 5.41) is 3.42. The monoisotopic (exact) mass is 455 g/mol. The molecule has 1 N–H and O–H groups in total. The van der Waals surface area contributed by atoms with E-state index in [0.717, 1.165) is 0 Å². The van der Waals surface area contributed by atoms with Crippen molar-refractivity contribution in [2.45, 2.75) is 18.4 Å². The number of amides is 1. The van der Waals surface area contributed by atoms with Gasteiger partial charge in [-0.25, -0.2) is 4.39 Å². The molecule has 0 radical (unpaired) electrons. The highest BCUT2D eigenvalue weighted by atomic mass is 35.5. The highest BCUT2D eigenvalue weighted by Gasteiger charge is 2.35. The number of hydrogen-bond acceptors (Lipinski definition) is 3. The second-order valence-electron chi connectivity index (χ2n) is 6.63. The Hall–Kier alpha value is -2.08. The largest absolute Gasteiger partial charge is 0.469 e. The number of ether oxygens (including phenoxy) is 1. The lowest BCUT2D eigenvalue weighted by Gasteiger charge is -2.22. The van der Waals surface area contributed by atoms with Crippen LogP contribution in [0, 0.1) is 11.7 Å². The molecule has 2 aromatic rings. The Balaban J connectivity index is 1.77. The van der Waals surface area contributed by atoms with Crippen LogP contribution in [-0.2, 0) is 9.53 Å². The summed E-state index contributed by atoms with van der Waals surface area (Å²) in [5.41, 5.74) is 0.373. The summed E-state index contributed by atoms with van der Waals surface area (Å²) < 4.78 is 19.2. The number of esters is 1. The van der Waals surface area contributed by atoms with Gasteiger partial charge in [-0.15, -0.1) is 0 Å². The number of nitrogens with one attached hydrogen (secondary N) is 1. The van der Waals surface area contributed by atoms with Crippen molar-refractivity contribution in [1.29, 1.82) is 0 Å². The summed E-state index contributed by atoms with van der Waals surface area (Å²) in [5.74, 6) is -2.65. The van der Waals surface area contributed by atoms with Crippen LogP contribution in [0.4, 0.5) is 4.39 Å². The smallest absolute Gasteiger partial charge is 0.313 e. The van der Waals surface area contributed by atoms with Gasteiger partial charge in [-0.2, -0.15) is 0 Å². The molecular formula is C21H17Cl3FNO3. The zero-order valence-electron chi connectivity index (χ0n) is 15.3. The zero-order valence-corrected chi connectivity index (χ0v) is 17.6. The topological polar surface area (TPSA) is 55.4 Å². The fourth-order valence-corrected chi connectivity index (χ4v) is 4.46. The Kier molecular flexibility index (Phi) is 6.83. The van der Waals surface area contributed by atoms with Crippen molar-refractivity contribution in [1.82, 2.24) is 5.32 Å². The van der Waals surface area contributed by atoms with Gasteiger partial charge in [0.25, 0.3) is 5.91 Å². The van der Waals surface area contributed by atoms with Crippen LogP contribution in [0.2, 0.25) is 15.1 Å². The molecule has 0 bridgehead atoms. The number of hydrogen-bond donors (Lipinski definition) is 1. The van der Waals surface area contributed by atoms with E-state index in [1.807, 2.05) is 0 Å². The molecule has 0 unspecified atom stereocenters. The highest BCUT2D eigenvalue weighted by Crippen LogP contribution is 2.36. The minimum atomic E-state index is -0.818. The van der Waals surface area contributed by atoms with Crippen molar-refractivity contribution in [3.63, 3.8) is 0 Å². The molecule has 8 heteroatoms. The van der Waals surface area contributed by atoms with Crippen LogP contribution in [0.5, 0.6) is 0 Å². The molecule has 2 aromatic carbocycles. The van der Waals surface area contributed by atoms with Gasteiger partial charge >= 0.3 is 5.97 Å². The molecule has 1 aliphatic rings. The van der Waals surface area contributed by atoms with E-state index >= 15 is 0 Å². The third-order valence-electron chi connectivity index (χ3n) is 4.79. The van der Waals surface area contributed by atoms with E-state index in [1.165, 1.54) is 25.3 Å². The predicted molar refractivity (Wildman–Crippen MR) is 111 cm³/mol. The summed E-state index contributed by atoms with van der Waals surface area (Å²) in [6, 6.07) is 8.56. The van der Waals surface area contributed by atoms with Gasteiger partial charge in [-0.1, -0.05) is 65.2 Å². The quantitative estimate of drug-likeness (QED) is 0.483.